The standard InChI is InChI=1S/C23H22ClN3O2S2/c1-3-29-20-10-5-4-7-17(20)22-25-16(14-31-22)13-21(28)27-11-12-30-23(27)26-19-9-6-8-18(24)15(19)2/h4-10,14H,3,11-13H2,1-2H3. The molecule has 1 aromatic heterocycles. The van der Waals surface area contributed by atoms with Gasteiger partial charge in [-0.15, -0.1) is 11.3 Å². The third kappa shape index (κ3) is 4.95. The fraction of sp³-hybridized carbons (Fsp3) is 0.261. The number of amides is 1. The van der Waals surface area contributed by atoms with Crippen LogP contribution in [0.2, 0.25) is 5.02 Å². The highest BCUT2D eigenvalue weighted by molar-refractivity contribution is 8.14. The molecule has 3 aromatic rings. The maximum Gasteiger partial charge on any atom is 0.234 e. The smallest absolute Gasteiger partial charge is 0.234 e. The first-order chi connectivity index (χ1) is 15.1. The van der Waals surface area contributed by atoms with Crippen molar-refractivity contribution in [3.63, 3.8) is 0 Å². The predicted molar refractivity (Wildman–Crippen MR) is 130 cm³/mol. The Balaban J connectivity index is 1.51. The number of thioether (sulfide) groups is 1. The van der Waals surface area contributed by atoms with E-state index in [4.69, 9.17) is 26.3 Å². The Morgan fingerprint density at radius 2 is 2.10 bits per heavy atom. The summed E-state index contributed by atoms with van der Waals surface area (Å²) in [5.74, 6) is 1.63. The Bertz CT molecular complexity index is 1130. The van der Waals surface area contributed by atoms with Gasteiger partial charge in [-0.05, 0) is 43.7 Å². The lowest BCUT2D eigenvalue weighted by Crippen LogP contribution is -2.33. The van der Waals surface area contributed by atoms with Crippen LogP contribution in [0.15, 0.2) is 52.8 Å². The van der Waals surface area contributed by atoms with E-state index in [1.165, 1.54) is 11.3 Å². The number of aromatic nitrogens is 1. The number of hydrogen-bond donors (Lipinski definition) is 0. The van der Waals surface area contributed by atoms with Gasteiger partial charge in [-0.3, -0.25) is 9.69 Å². The minimum absolute atomic E-state index is 0.00151. The molecule has 0 bridgehead atoms. The topological polar surface area (TPSA) is 54.8 Å². The molecule has 2 heterocycles. The molecule has 0 radical (unpaired) electrons. The Labute approximate surface area is 195 Å². The quantitative estimate of drug-likeness (QED) is 0.444. The van der Waals surface area contributed by atoms with Crippen LogP contribution in [0.4, 0.5) is 5.69 Å². The number of para-hydroxylation sites is 1. The second-order valence-corrected chi connectivity index (χ2v) is 9.25. The van der Waals surface area contributed by atoms with Gasteiger partial charge in [0.2, 0.25) is 5.91 Å². The van der Waals surface area contributed by atoms with Crippen LogP contribution in [-0.2, 0) is 11.2 Å². The van der Waals surface area contributed by atoms with Gasteiger partial charge in [-0.2, -0.15) is 0 Å². The Morgan fingerprint density at radius 1 is 1.26 bits per heavy atom. The van der Waals surface area contributed by atoms with Crippen LogP contribution in [-0.4, -0.2) is 39.9 Å². The van der Waals surface area contributed by atoms with E-state index in [9.17, 15) is 4.79 Å². The molecule has 2 aromatic carbocycles. The lowest BCUT2D eigenvalue weighted by Gasteiger charge is -2.15. The van der Waals surface area contributed by atoms with E-state index in [1.807, 2.05) is 61.7 Å². The fourth-order valence-electron chi connectivity index (χ4n) is 3.23. The van der Waals surface area contributed by atoms with Gasteiger partial charge < -0.3 is 4.74 Å². The van der Waals surface area contributed by atoms with Gasteiger partial charge in [-0.1, -0.05) is 41.6 Å². The summed E-state index contributed by atoms with van der Waals surface area (Å²) in [6.07, 6.45) is 0.238. The minimum Gasteiger partial charge on any atom is -0.493 e. The van der Waals surface area contributed by atoms with Crippen molar-refractivity contribution in [1.29, 1.82) is 0 Å². The highest BCUT2D eigenvalue weighted by Gasteiger charge is 2.27. The number of hydrogen-bond acceptors (Lipinski definition) is 6. The van der Waals surface area contributed by atoms with E-state index in [0.717, 1.165) is 39.0 Å². The second-order valence-electron chi connectivity index (χ2n) is 6.92. The van der Waals surface area contributed by atoms with Crippen molar-refractivity contribution in [3.8, 4) is 16.3 Å². The monoisotopic (exact) mass is 471 g/mol. The molecule has 1 amide bonds. The summed E-state index contributed by atoms with van der Waals surface area (Å²) in [5, 5.41) is 4.18. The van der Waals surface area contributed by atoms with Crippen molar-refractivity contribution in [2.75, 3.05) is 18.9 Å². The molecule has 1 aliphatic rings. The summed E-state index contributed by atoms with van der Waals surface area (Å²) in [5.41, 5.74) is 3.40. The van der Waals surface area contributed by atoms with Crippen LogP contribution in [0.3, 0.4) is 0 Å². The van der Waals surface area contributed by atoms with Crippen LogP contribution in [0.5, 0.6) is 5.75 Å². The van der Waals surface area contributed by atoms with E-state index >= 15 is 0 Å². The molecule has 5 nitrogen and oxygen atoms in total. The van der Waals surface area contributed by atoms with E-state index in [2.05, 4.69) is 0 Å². The van der Waals surface area contributed by atoms with Crippen molar-refractivity contribution in [1.82, 2.24) is 9.88 Å². The molecule has 0 N–H and O–H groups in total. The van der Waals surface area contributed by atoms with Gasteiger partial charge in [0.1, 0.15) is 10.8 Å². The molecule has 0 saturated carbocycles. The number of carbonyl (C=O) groups is 1. The number of aliphatic imine (C=N–C) groups is 1. The predicted octanol–water partition coefficient (Wildman–Crippen LogP) is 5.98. The van der Waals surface area contributed by atoms with E-state index < -0.39 is 0 Å². The van der Waals surface area contributed by atoms with Crippen molar-refractivity contribution in [2.45, 2.75) is 20.3 Å². The summed E-state index contributed by atoms with van der Waals surface area (Å²) in [7, 11) is 0. The summed E-state index contributed by atoms with van der Waals surface area (Å²) >= 11 is 9.32. The summed E-state index contributed by atoms with van der Waals surface area (Å²) in [6, 6.07) is 13.5. The van der Waals surface area contributed by atoms with Gasteiger partial charge in [0.25, 0.3) is 0 Å². The minimum atomic E-state index is -0.00151. The zero-order valence-electron chi connectivity index (χ0n) is 17.3. The van der Waals surface area contributed by atoms with Crippen LogP contribution in [0.25, 0.3) is 10.6 Å². The molecule has 31 heavy (non-hydrogen) atoms. The largest absolute Gasteiger partial charge is 0.493 e. The van der Waals surface area contributed by atoms with E-state index in [0.29, 0.717) is 23.3 Å². The number of benzene rings is 2. The molecule has 1 fully saturated rings. The first-order valence-electron chi connectivity index (χ1n) is 10.0. The average Bonchev–Trinajstić information content (AvgIpc) is 3.42. The summed E-state index contributed by atoms with van der Waals surface area (Å²) in [4.78, 5) is 24.2. The third-order valence-corrected chi connectivity index (χ3v) is 7.13. The van der Waals surface area contributed by atoms with Gasteiger partial charge in [-0.25, -0.2) is 9.98 Å². The molecule has 1 aliphatic heterocycles. The third-order valence-electron chi connectivity index (χ3n) is 4.83. The Hall–Kier alpha value is -2.35. The van der Waals surface area contributed by atoms with E-state index in [1.54, 1.807) is 16.7 Å². The lowest BCUT2D eigenvalue weighted by molar-refractivity contribution is -0.126. The number of halogens is 1. The molecule has 8 heteroatoms. The van der Waals surface area contributed by atoms with Crippen molar-refractivity contribution in [3.05, 3.63) is 64.1 Å². The highest BCUT2D eigenvalue weighted by Crippen LogP contribution is 2.33. The normalized spacial score (nSPS) is 14.9. The van der Waals surface area contributed by atoms with E-state index in [-0.39, 0.29) is 12.3 Å². The molecular formula is C23H22ClN3O2S2. The SMILES string of the molecule is CCOc1ccccc1-c1nc(CC(=O)N2CCSC2=Nc2cccc(Cl)c2C)cs1. The van der Waals surface area contributed by atoms with Crippen molar-refractivity contribution in [2.24, 2.45) is 4.99 Å². The molecule has 0 aliphatic carbocycles. The number of thiazole rings is 1. The molecule has 4 rings (SSSR count). The molecular weight excluding hydrogens is 450 g/mol. The summed E-state index contributed by atoms with van der Waals surface area (Å²) in [6.45, 7) is 5.13. The van der Waals surface area contributed by atoms with Gasteiger partial charge >= 0.3 is 0 Å². The molecule has 0 spiro atoms. The molecule has 0 atom stereocenters. The zero-order chi connectivity index (χ0) is 21.8. The number of rotatable bonds is 6. The van der Waals surface area contributed by atoms with Crippen molar-refractivity contribution < 1.29 is 9.53 Å². The van der Waals surface area contributed by atoms with Crippen LogP contribution >= 0.6 is 34.7 Å². The van der Waals surface area contributed by atoms with Gasteiger partial charge in [0, 0.05) is 22.7 Å². The first-order valence-corrected chi connectivity index (χ1v) is 12.2. The highest BCUT2D eigenvalue weighted by atomic mass is 35.5. The van der Waals surface area contributed by atoms with Crippen molar-refractivity contribution >= 4 is 51.5 Å². The molecule has 1 saturated heterocycles. The fourth-order valence-corrected chi connectivity index (χ4v) is 5.22. The summed E-state index contributed by atoms with van der Waals surface area (Å²) < 4.78 is 5.72. The number of nitrogens with zero attached hydrogens (tertiary/aromatic N) is 3. The number of ether oxygens (including phenoxy) is 1. The van der Waals surface area contributed by atoms with Gasteiger partial charge in [0.15, 0.2) is 5.17 Å². The molecule has 160 valence electrons. The number of amidine groups is 1. The van der Waals surface area contributed by atoms with Gasteiger partial charge in [0.05, 0.1) is 30.0 Å². The van der Waals surface area contributed by atoms with Crippen LogP contribution in [0, 0.1) is 6.92 Å². The van der Waals surface area contributed by atoms with Crippen LogP contribution < -0.4 is 4.74 Å². The lowest BCUT2D eigenvalue weighted by atomic mass is 10.2. The number of carbonyl (C=O) groups excluding carboxylic acids is 1. The average molecular weight is 472 g/mol. The zero-order valence-corrected chi connectivity index (χ0v) is 19.7. The maximum absolute atomic E-state index is 13.0. The van der Waals surface area contributed by atoms with Crippen LogP contribution in [0.1, 0.15) is 18.2 Å². The Kier molecular flexibility index (Phi) is 6.95. The Morgan fingerprint density at radius 3 is 2.94 bits per heavy atom. The second kappa shape index (κ2) is 9.85. The molecule has 0 unspecified atom stereocenters. The maximum atomic E-state index is 13.0. The first kappa shape index (κ1) is 21.9.